The summed E-state index contributed by atoms with van der Waals surface area (Å²) in [6, 6.07) is 9.84. The van der Waals surface area contributed by atoms with E-state index in [0.717, 1.165) is 0 Å². The number of benzene rings is 1. The van der Waals surface area contributed by atoms with Gasteiger partial charge in [-0.3, -0.25) is 5.10 Å². The predicted octanol–water partition coefficient (Wildman–Crippen LogP) is 1.59. The minimum absolute atomic E-state index is 0.101. The quantitative estimate of drug-likeness (QED) is 0.646. The van der Waals surface area contributed by atoms with E-state index in [1.807, 2.05) is 0 Å². The fourth-order valence-corrected chi connectivity index (χ4v) is 1.77. The van der Waals surface area contributed by atoms with Gasteiger partial charge in [0, 0.05) is 11.1 Å². The molecule has 0 amide bonds. The second kappa shape index (κ2) is 6.08. The zero-order valence-electron chi connectivity index (χ0n) is 11.3. The number of rotatable bonds is 3. The van der Waals surface area contributed by atoms with Crippen molar-refractivity contribution in [2.75, 3.05) is 12.4 Å². The Morgan fingerprint density at radius 3 is 2.59 bits per heavy atom. The zero-order valence-corrected chi connectivity index (χ0v) is 11.3. The van der Waals surface area contributed by atoms with Crippen LogP contribution in [0, 0.1) is 34.0 Å². The standard InChI is InChI=1S/C14H8N6O2/c1-22-14(21)13-10-4-9(2-3-11(10)19-20-13)18-12(7-17)8(5-15)6-16/h2-4,18H,1H3,(H,19,20). The molecule has 8 heteroatoms. The number of esters is 1. The number of nitrogens with one attached hydrogen (secondary N) is 2. The maximum absolute atomic E-state index is 11.6. The lowest BCUT2D eigenvalue weighted by molar-refractivity contribution is 0.0596. The van der Waals surface area contributed by atoms with Gasteiger partial charge in [0.1, 0.15) is 23.9 Å². The number of H-pyrrole nitrogens is 1. The lowest BCUT2D eigenvalue weighted by Gasteiger charge is -2.04. The Labute approximate surface area is 124 Å². The first-order valence-corrected chi connectivity index (χ1v) is 5.92. The number of carbonyl (C=O) groups is 1. The summed E-state index contributed by atoms with van der Waals surface area (Å²) in [7, 11) is 1.24. The number of carbonyl (C=O) groups excluding carboxylic acids is 1. The molecule has 0 fully saturated rings. The number of methoxy groups -OCH3 is 1. The predicted molar refractivity (Wildman–Crippen MR) is 74.9 cm³/mol. The van der Waals surface area contributed by atoms with Crippen molar-refractivity contribution in [1.29, 1.82) is 15.8 Å². The molecule has 0 bridgehead atoms. The van der Waals surface area contributed by atoms with Crippen molar-refractivity contribution in [3.05, 3.63) is 35.2 Å². The number of nitriles is 3. The highest BCUT2D eigenvalue weighted by atomic mass is 16.5. The number of fused-ring (bicyclic) bond motifs is 1. The summed E-state index contributed by atoms with van der Waals surface area (Å²) in [6.07, 6.45) is 0. The lowest BCUT2D eigenvalue weighted by atomic mass is 10.1. The molecule has 106 valence electrons. The molecule has 1 aromatic heterocycles. The van der Waals surface area contributed by atoms with E-state index >= 15 is 0 Å². The van der Waals surface area contributed by atoms with Crippen molar-refractivity contribution >= 4 is 22.6 Å². The molecule has 0 unspecified atom stereocenters. The van der Waals surface area contributed by atoms with E-state index in [4.69, 9.17) is 15.8 Å². The zero-order chi connectivity index (χ0) is 16.1. The smallest absolute Gasteiger partial charge is 0.359 e. The summed E-state index contributed by atoms with van der Waals surface area (Å²) in [5, 5.41) is 36.3. The van der Waals surface area contributed by atoms with Gasteiger partial charge in [-0.1, -0.05) is 0 Å². The number of allylic oxidation sites excluding steroid dienone is 2. The van der Waals surface area contributed by atoms with E-state index in [-0.39, 0.29) is 17.0 Å². The summed E-state index contributed by atoms with van der Waals surface area (Å²) in [4.78, 5) is 11.6. The van der Waals surface area contributed by atoms with Crippen molar-refractivity contribution < 1.29 is 9.53 Å². The normalized spacial score (nSPS) is 9.18. The van der Waals surface area contributed by atoms with Gasteiger partial charge < -0.3 is 10.1 Å². The number of hydrogen-bond donors (Lipinski definition) is 2. The minimum atomic E-state index is -0.603. The summed E-state index contributed by atoms with van der Waals surface area (Å²) < 4.78 is 4.63. The highest BCUT2D eigenvalue weighted by molar-refractivity contribution is 6.02. The third kappa shape index (κ3) is 2.55. The Bertz CT molecular complexity index is 888. The number of aromatic nitrogens is 2. The van der Waals surface area contributed by atoms with Crippen LogP contribution in [0.1, 0.15) is 10.5 Å². The van der Waals surface area contributed by atoms with Gasteiger partial charge >= 0.3 is 5.97 Å². The summed E-state index contributed by atoms with van der Waals surface area (Å²) >= 11 is 0. The first-order chi connectivity index (χ1) is 10.6. The molecule has 0 aliphatic heterocycles. The van der Waals surface area contributed by atoms with E-state index in [9.17, 15) is 4.79 Å². The average molecular weight is 292 g/mol. The molecule has 0 aliphatic rings. The van der Waals surface area contributed by atoms with Crippen molar-refractivity contribution in [3.8, 4) is 18.2 Å². The Kier molecular flexibility index (Phi) is 4.03. The number of hydrogen-bond acceptors (Lipinski definition) is 7. The van der Waals surface area contributed by atoms with Crippen LogP contribution in [0.15, 0.2) is 29.5 Å². The van der Waals surface area contributed by atoms with Crippen LogP contribution in [0.25, 0.3) is 10.9 Å². The molecular formula is C14H8N6O2. The Morgan fingerprint density at radius 2 is 2.00 bits per heavy atom. The van der Waals surface area contributed by atoms with Crippen LogP contribution in [-0.2, 0) is 4.74 Å². The summed E-state index contributed by atoms with van der Waals surface area (Å²) in [5.74, 6) is -0.603. The Hall–Kier alpha value is -3.83. The van der Waals surface area contributed by atoms with Crippen LogP contribution in [0.4, 0.5) is 5.69 Å². The lowest BCUT2D eigenvalue weighted by Crippen LogP contribution is -2.03. The molecule has 0 spiro atoms. The number of ether oxygens (including phenoxy) is 1. The van der Waals surface area contributed by atoms with Gasteiger partial charge in [-0.15, -0.1) is 0 Å². The molecule has 22 heavy (non-hydrogen) atoms. The van der Waals surface area contributed by atoms with Gasteiger partial charge in [-0.25, -0.2) is 4.79 Å². The molecule has 0 radical (unpaired) electrons. The van der Waals surface area contributed by atoms with E-state index in [1.54, 1.807) is 36.4 Å². The van der Waals surface area contributed by atoms with Gasteiger partial charge in [-0.05, 0) is 18.2 Å². The van der Waals surface area contributed by atoms with Crippen LogP contribution in [0.2, 0.25) is 0 Å². The molecule has 0 saturated carbocycles. The first kappa shape index (κ1) is 14.6. The van der Waals surface area contributed by atoms with E-state index < -0.39 is 5.97 Å². The van der Waals surface area contributed by atoms with Crippen LogP contribution in [0.3, 0.4) is 0 Å². The van der Waals surface area contributed by atoms with Crippen LogP contribution >= 0.6 is 0 Å². The maximum atomic E-state index is 11.6. The number of anilines is 1. The van der Waals surface area contributed by atoms with E-state index in [1.165, 1.54) is 7.11 Å². The average Bonchev–Trinajstić information content (AvgIpc) is 2.97. The highest BCUT2D eigenvalue weighted by Gasteiger charge is 2.15. The largest absolute Gasteiger partial charge is 0.464 e. The van der Waals surface area contributed by atoms with Crippen molar-refractivity contribution in [3.63, 3.8) is 0 Å². The highest BCUT2D eigenvalue weighted by Crippen LogP contribution is 2.22. The van der Waals surface area contributed by atoms with Crippen molar-refractivity contribution in [1.82, 2.24) is 10.2 Å². The van der Waals surface area contributed by atoms with Crippen LogP contribution < -0.4 is 5.32 Å². The number of aromatic amines is 1. The SMILES string of the molecule is COC(=O)c1n[nH]c2ccc(NC(C#N)=C(C#N)C#N)cc12. The third-order valence-electron chi connectivity index (χ3n) is 2.80. The van der Waals surface area contributed by atoms with Crippen LogP contribution in [0.5, 0.6) is 0 Å². The molecule has 1 heterocycles. The van der Waals surface area contributed by atoms with Crippen LogP contribution in [-0.4, -0.2) is 23.3 Å². The molecule has 0 aliphatic carbocycles. The van der Waals surface area contributed by atoms with Gasteiger partial charge in [-0.2, -0.15) is 20.9 Å². The monoisotopic (exact) mass is 292 g/mol. The Morgan fingerprint density at radius 1 is 1.27 bits per heavy atom. The Balaban J connectivity index is 2.49. The second-order valence-corrected chi connectivity index (χ2v) is 4.03. The first-order valence-electron chi connectivity index (χ1n) is 5.92. The molecule has 2 rings (SSSR count). The van der Waals surface area contributed by atoms with Gasteiger partial charge in [0.2, 0.25) is 0 Å². The molecule has 1 aromatic carbocycles. The maximum Gasteiger partial charge on any atom is 0.359 e. The molecule has 2 N–H and O–H groups in total. The summed E-state index contributed by atoms with van der Waals surface area (Å²) in [5.41, 5.74) is 0.632. The molecule has 8 nitrogen and oxygen atoms in total. The van der Waals surface area contributed by atoms with Gasteiger partial charge in [0.15, 0.2) is 11.3 Å². The van der Waals surface area contributed by atoms with Gasteiger partial charge in [0.25, 0.3) is 0 Å². The van der Waals surface area contributed by atoms with E-state index in [2.05, 4.69) is 20.3 Å². The summed E-state index contributed by atoms with van der Waals surface area (Å²) in [6.45, 7) is 0. The topological polar surface area (TPSA) is 138 Å². The van der Waals surface area contributed by atoms with Crippen molar-refractivity contribution in [2.24, 2.45) is 0 Å². The molecular weight excluding hydrogens is 284 g/mol. The van der Waals surface area contributed by atoms with Crippen molar-refractivity contribution in [2.45, 2.75) is 0 Å². The fourth-order valence-electron chi connectivity index (χ4n) is 1.77. The second-order valence-electron chi connectivity index (χ2n) is 4.03. The number of nitrogens with zero attached hydrogens (tertiary/aromatic N) is 4. The fraction of sp³-hybridized carbons (Fsp3) is 0.0714. The molecule has 0 atom stereocenters. The van der Waals surface area contributed by atoms with Gasteiger partial charge in [0.05, 0.1) is 12.6 Å². The third-order valence-corrected chi connectivity index (χ3v) is 2.80. The minimum Gasteiger partial charge on any atom is -0.464 e. The molecule has 0 saturated heterocycles. The molecule has 2 aromatic rings. The van der Waals surface area contributed by atoms with E-state index in [0.29, 0.717) is 16.6 Å².